The van der Waals surface area contributed by atoms with Crippen molar-refractivity contribution in [3.8, 4) is 0 Å². The maximum absolute atomic E-state index is 12.1. The third-order valence-electron chi connectivity index (χ3n) is 2.85. The van der Waals surface area contributed by atoms with E-state index in [1.165, 1.54) is 19.1 Å². The predicted molar refractivity (Wildman–Crippen MR) is 94.5 cm³/mol. The number of rotatable bonds is 5. The summed E-state index contributed by atoms with van der Waals surface area (Å²) in [6.07, 6.45) is -1.48. The van der Waals surface area contributed by atoms with Gasteiger partial charge in [-0.05, 0) is 65.8 Å². The van der Waals surface area contributed by atoms with Crippen molar-refractivity contribution in [2.24, 2.45) is 0 Å². The molecule has 0 aliphatic heterocycles. The van der Waals surface area contributed by atoms with Crippen LogP contribution in [-0.2, 0) is 14.3 Å². The molecule has 1 rings (SSSR count). The largest absolute Gasteiger partial charge is 0.449 e. The van der Waals surface area contributed by atoms with E-state index in [4.69, 9.17) is 9.47 Å². The number of carbonyl (C=O) groups excluding carboxylic acids is 3. The van der Waals surface area contributed by atoms with Gasteiger partial charge in [-0.2, -0.15) is 0 Å². The quantitative estimate of drug-likeness (QED) is 0.796. The van der Waals surface area contributed by atoms with E-state index >= 15 is 0 Å². The van der Waals surface area contributed by atoms with Crippen LogP contribution in [0, 0.1) is 0 Å². The Labute approximate surface area is 148 Å². The lowest BCUT2D eigenvalue weighted by Gasteiger charge is -2.19. The molecule has 0 aliphatic carbocycles. The zero-order chi connectivity index (χ0) is 19.2. The van der Waals surface area contributed by atoms with Gasteiger partial charge in [0.25, 0.3) is 5.91 Å². The summed E-state index contributed by atoms with van der Waals surface area (Å²) in [5.74, 6) is -0.971. The van der Waals surface area contributed by atoms with Crippen molar-refractivity contribution in [3.05, 3.63) is 29.8 Å². The number of nitrogens with one attached hydrogen (secondary N) is 2. The highest BCUT2D eigenvalue weighted by Crippen LogP contribution is 2.14. The number of esters is 1. The van der Waals surface area contributed by atoms with Crippen LogP contribution in [0.2, 0.25) is 0 Å². The molecule has 1 aromatic rings. The Morgan fingerprint density at radius 3 is 2.04 bits per heavy atom. The Morgan fingerprint density at radius 1 is 1.00 bits per heavy atom. The van der Waals surface area contributed by atoms with Gasteiger partial charge in [-0.1, -0.05) is 0 Å². The van der Waals surface area contributed by atoms with Crippen LogP contribution in [0.15, 0.2) is 24.3 Å². The van der Waals surface area contributed by atoms with Crippen molar-refractivity contribution in [3.63, 3.8) is 0 Å². The van der Waals surface area contributed by atoms with Gasteiger partial charge < -0.3 is 14.8 Å². The minimum atomic E-state index is -0.894. The maximum Gasteiger partial charge on any atom is 0.412 e. The highest BCUT2D eigenvalue weighted by Gasteiger charge is 2.20. The minimum absolute atomic E-state index is 0.0353. The van der Waals surface area contributed by atoms with Gasteiger partial charge in [0.1, 0.15) is 5.60 Å². The van der Waals surface area contributed by atoms with Crippen LogP contribution in [0.25, 0.3) is 0 Å². The average molecular weight is 350 g/mol. The van der Waals surface area contributed by atoms with Crippen LogP contribution in [0.1, 0.15) is 51.9 Å². The molecule has 0 radical (unpaired) electrons. The number of carbonyl (C=O) groups is 3. The second-order valence-corrected chi connectivity index (χ2v) is 6.92. The van der Waals surface area contributed by atoms with Crippen LogP contribution in [0.3, 0.4) is 0 Å². The van der Waals surface area contributed by atoms with E-state index in [0.717, 1.165) is 0 Å². The zero-order valence-electron chi connectivity index (χ0n) is 15.5. The molecule has 0 fully saturated rings. The molecule has 0 heterocycles. The number of amides is 2. The molecule has 2 N–H and O–H groups in total. The third kappa shape index (κ3) is 7.69. The monoisotopic (exact) mass is 350 g/mol. The fourth-order valence-corrected chi connectivity index (χ4v) is 1.80. The minimum Gasteiger partial charge on any atom is -0.449 e. The predicted octanol–water partition coefficient (Wildman–Crippen LogP) is 3.10. The van der Waals surface area contributed by atoms with Crippen LogP contribution >= 0.6 is 0 Å². The summed E-state index contributed by atoms with van der Waals surface area (Å²) < 4.78 is 10.3. The number of hydrogen-bond acceptors (Lipinski definition) is 5. The second-order valence-electron chi connectivity index (χ2n) is 6.92. The van der Waals surface area contributed by atoms with Gasteiger partial charge in [-0.25, -0.2) is 9.59 Å². The summed E-state index contributed by atoms with van der Waals surface area (Å²) in [6, 6.07) is 6.08. The topological polar surface area (TPSA) is 93.7 Å². The van der Waals surface area contributed by atoms with Gasteiger partial charge >= 0.3 is 12.1 Å². The van der Waals surface area contributed by atoms with Crippen molar-refractivity contribution < 1.29 is 23.9 Å². The van der Waals surface area contributed by atoms with Crippen LogP contribution in [0.4, 0.5) is 10.5 Å². The lowest BCUT2D eigenvalue weighted by atomic mass is 10.2. The van der Waals surface area contributed by atoms with Gasteiger partial charge in [-0.3, -0.25) is 10.1 Å². The van der Waals surface area contributed by atoms with E-state index in [-0.39, 0.29) is 17.5 Å². The molecule has 0 saturated carbocycles. The molecule has 7 heteroatoms. The molecular weight excluding hydrogens is 324 g/mol. The third-order valence-corrected chi connectivity index (χ3v) is 2.85. The van der Waals surface area contributed by atoms with Crippen LogP contribution in [0.5, 0.6) is 0 Å². The Kier molecular flexibility index (Phi) is 6.97. The fourth-order valence-electron chi connectivity index (χ4n) is 1.80. The Morgan fingerprint density at radius 2 is 1.56 bits per heavy atom. The highest BCUT2D eigenvalue weighted by atomic mass is 16.6. The summed E-state index contributed by atoms with van der Waals surface area (Å²) in [6.45, 7) is 10.5. The van der Waals surface area contributed by atoms with E-state index in [2.05, 4.69) is 10.6 Å². The molecule has 1 aromatic carbocycles. The van der Waals surface area contributed by atoms with Crippen molar-refractivity contribution in [1.29, 1.82) is 0 Å². The fraction of sp³-hybridized carbons (Fsp3) is 0.500. The number of hydrogen-bond donors (Lipinski definition) is 2. The van der Waals surface area contributed by atoms with Crippen molar-refractivity contribution >= 4 is 23.7 Å². The second kappa shape index (κ2) is 8.50. The van der Waals surface area contributed by atoms with Crippen molar-refractivity contribution in [1.82, 2.24) is 5.32 Å². The smallest absolute Gasteiger partial charge is 0.412 e. The van der Waals surface area contributed by atoms with E-state index in [9.17, 15) is 14.4 Å². The first-order valence-electron chi connectivity index (χ1n) is 8.09. The molecule has 0 bridgehead atoms. The molecule has 25 heavy (non-hydrogen) atoms. The normalized spacial score (nSPS) is 12.3. The van der Waals surface area contributed by atoms with Gasteiger partial charge in [0.2, 0.25) is 0 Å². The molecule has 2 amide bonds. The summed E-state index contributed by atoms with van der Waals surface area (Å²) in [5.41, 5.74) is 0.163. The Bertz CT molecular complexity index is 617. The van der Waals surface area contributed by atoms with E-state index in [1.807, 2.05) is 13.8 Å². The van der Waals surface area contributed by atoms with Gasteiger partial charge in [0.05, 0.1) is 5.56 Å². The molecule has 138 valence electrons. The molecule has 0 aromatic heterocycles. The average Bonchev–Trinajstić information content (AvgIpc) is 2.44. The molecule has 0 saturated heterocycles. The first-order chi connectivity index (χ1) is 11.5. The van der Waals surface area contributed by atoms with Gasteiger partial charge in [0.15, 0.2) is 6.10 Å². The van der Waals surface area contributed by atoms with Gasteiger partial charge in [-0.15, -0.1) is 0 Å². The number of ether oxygens (including phenoxy) is 2. The lowest BCUT2D eigenvalue weighted by Crippen LogP contribution is -2.39. The first kappa shape index (κ1) is 20.5. The van der Waals surface area contributed by atoms with E-state index < -0.39 is 23.8 Å². The Hall–Kier alpha value is -2.57. The summed E-state index contributed by atoms with van der Waals surface area (Å²) in [4.78, 5) is 35.5. The lowest BCUT2D eigenvalue weighted by molar-refractivity contribution is -0.129. The standard InChI is InChI=1S/C18H26N2O5/c1-11(2)19-15(21)12(3)24-16(22)13-7-9-14(10-8-13)20-17(23)25-18(4,5)6/h7-12H,1-6H3,(H,19,21)(H,20,23)/t12-/m1/s1. The molecule has 0 unspecified atom stereocenters. The number of benzene rings is 1. The van der Waals surface area contributed by atoms with E-state index in [1.54, 1.807) is 32.9 Å². The first-order valence-corrected chi connectivity index (χ1v) is 8.09. The maximum atomic E-state index is 12.1. The van der Waals surface area contributed by atoms with E-state index in [0.29, 0.717) is 5.69 Å². The number of anilines is 1. The summed E-state index contributed by atoms with van der Waals surface area (Å²) in [7, 11) is 0. The van der Waals surface area contributed by atoms with Crippen LogP contribution in [-0.4, -0.2) is 35.7 Å². The summed E-state index contributed by atoms with van der Waals surface area (Å²) >= 11 is 0. The zero-order valence-corrected chi connectivity index (χ0v) is 15.5. The van der Waals surface area contributed by atoms with Gasteiger partial charge in [0, 0.05) is 11.7 Å². The molecule has 0 spiro atoms. The SMILES string of the molecule is CC(C)NC(=O)[C@@H](C)OC(=O)c1ccc(NC(=O)OC(C)(C)C)cc1. The van der Waals surface area contributed by atoms with Crippen LogP contribution < -0.4 is 10.6 Å². The molecular formula is C18H26N2O5. The van der Waals surface area contributed by atoms with Crippen molar-refractivity contribution in [2.45, 2.75) is 59.3 Å². The molecule has 1 atom stereocenters. The highest BCUT2D eigenvalue weighted by molar-refractivity contribution is 5.93. The summed E-state index contributed by atoms with van der Waals surface area (Å²) in [5, 5.41) is 5.24. The Balaban J connectivity index is 2.62. The molecule has 7 nitrogen and oxygen atoms in total. The van der Waals surface area contributed by atoms with Crippen molar-refractivity contribution in [2.75, 3.05) is 5.32 Å². The molecule has 0 aliphatic rings.